The maximum atomic E-state index is 14.0. The van der Waals surface area contributed by atoms with Crippen molar-refractivity contribution in [3.63, 3.8) is 0 Å². The minimum absolute atomic E-state index is 0.321. The van der Waals surface area contributed by atoms with Crippen molar-refractivity contribution in [1.82, 2.24) is 19.7 Å². The van der Waals surface area contributed by atoms with E-state index in [-0.39, 0.29) is 5.82 Å². The Morgan fingerprint density at radius 3 is 2.74 bits per heavy atom. The third-order valence-corrected chi connectivity index (χ3v) is 4.39. The molecular weight excluding hydrogens is 293 g/mol. The van der Waals surface area contributed by atoms with Crippen LogP contribution in [0.5, 0.6) is 0 Å². The van der Waals surface area contributed by atoms with Gasteiger partial charge in [-0.15, -0.1) is 0 Å². The number of benzene rings is 1. The van der Waals surface area contributed by atoms with Crippen LogP contribution in [0.25, 0.3) is 16.7 Å². The first kappa shape index (κ1) is 14.1. The van der Waals surface area contributed by atoms with Gasteiger partial charge >= 0.3 is 0 Å². The molecule has 1 fully saturated rings. The first-order valence-corrected chi connectivity index (χ1v) is 8.03. The van der Waals surface area contributed by atoms with Gasteiger partial charge in [0.1, 0.15) is 23.6 Å². The molecule has 0 spiro atoms. The molecule has 1 aliphatic carbocycles. The number of hydrogen-bond donors (Lipinski definition) is 1. The van der Waals surface area contributed by atoms with Crippen LogP contribution < -0.4 is 5.32 Å². The summed E-state index contributed by atoms with van der Waals surface area (Å²) < 4.78 is 15.6. The quantitative estimate of drug-likeness (QED) is 0.801. The fourth-order valence-corrected chi connectivity index (χ4v) is 3.20. The molecule has 118 valence electrons. The van der Waals surface area contributed by atoms with Gasteiger partial charge < -0.3 is 5.32 Å². The molecular formula is C17H18FN5. The average molecular weight is 311 g/mol. The second-order valence-electron chi connectivity index (χ2n) is 5.95. The normalized spacial score (nSPS) is 15.9. The highest BCUT2D eigenvalue weighted by molar-refractivity contribution is 5.87. The lowest BCUT2D eigenvalue weighted by molar-refractivity contribution is 0.462. The minimum atomic E-state index is -0.321. The van der Waals surface area contributed by atoms with E-state index in [0.717, 1.165) is 24.0 Å². The summed E-state index contributed by atoms with van der Waals surface area (Å²) >= 11 is 0. The molecule has 0 aliphatic heterocycles. The maximum Gasteiger partial charge on any atom is 0.168 e. The van der Waals surface area contributed by atoms with Gasteiger partial charge in [0, 0.05) is 6.04 Å². The van der Waals surface area contributed by atoms with Gasteiger partial charge in [0.15, 0.2) is 5.65 Å². The molecule has 4 rings (SSSR count). The zero-order chi connectivity index (χ0) is 15.6. The van der Waals surface area contributed by atoms with Crippen LogP contribution in [0.3, 0.4) is 0 Å². The predicted molar refractivity (Wildman–Crippen MR) is 87.1 cm³/mol. The molecule has 1 aromatic carbocycles. The van der Waals surface area contributed by atoms with Crippen LogP contribution in [0, 0.1) is 5.82 Å². The highest BCUT2D eigenvalue weighted by atomic mass is 19.1. The SMILES string of the molecule is Fc1ccccc1-n1ncc2c(NC3CCCCC3)ncnc21. The number of fused-ring (bicyclic) bond motifs is 1. The monoisotopic (exact) mass is 311 g/mol. The number of nitrogens with zero attached hydrogens (tertiary/aromatic N) is 4. The molecule has 0 atom stereocenters. The average Bonchev–Trinajstić information content (AvgIpc) is 3.01. The van der Waals surface area contributed by atoms with Crippen molar-refractivity contribution in [2.24, 2.45) is 0 Å². The molecule has 0 amide bonds. The molecule has 1 N–H and O–H groups in total. The summed E-state index contributed by atoms with van der Waals surface area (Å²) in [6.07, 6.45) is 9.34. The summed E-state index contributed by atoms with van der Waals surface area (Å²) in [6.45, 7) is 0. The molecule has 3 aromatic rings. The first-order chi connectivity index (χ1) is 11.3. The lowest BCUT2D eigenvalue weighted by Gasteiger charge is -2.23. The Morgan fingerprint density at radius 1 is 1.09 bits per heavy atom. The zero-order valence-electron chi connectivity index (χ0n) is 12.7. The number of halogens is 1. The van der Waals surface area contributed by atoms with Crippen LogP contribution in [0.1, 0.15) is 32.1 Å². The lowest BCUT2D eigenvalue weighted by Crippen LogP contribution is -2.22. The van der Waals surface area contributed by atoms with Crippen molar-refractivity contribution in [3.05, 3.63) is 42.6 Å². The van der Waals surface area contributed by atoms with E-state index in [1.165, 1.54) is 36.3 Å². The molecule has 5 nitrogen and oxygen atoms in total. The summed E-state index contributed by atoms with van der Waals surface area (Å²) in [4.78, 5) is 8.66. The molecule has 0 bridgehead atoms. The number of anilines is 1. The van der Waals surface area contributed by atoms with Gasteiger partial charge in [-0.2, -0.15) is 5.10 Å². The van der Waals surface area contributed by atoms with E-state index in [1.54, 1.807) is 24.4 Å². The van der Waals surface area contributed by atoms with Crippen LogP contribution in [0.2, 0.25) is 0 Å². The second kappa shape index (κ2) is 5.95. The van der Waals surface area contributed by atoms with E-state index < -0.39 is 0 Å². The molecule has 1 aliphatic rings. The smallest absolute Gasteiger partial charge is 0.168 e. The number of nitrogens with one attached hydrogen (secondary N) is 1. The second-order valence-corrected chi connectivity index (χ2v) is 5.95. The number of rotatable bonds is 3. The molecule has 2 heterocycles. The largest absolute Gasteiger partial charge is 0.367 e. The van der Waals surface area contributed by atoms with Gasteiger partial charge in [0.05, 0.1) is 11.6 Å². The molecule has 23 heavy (non-hydrogen) atoms. The Morgan fingerprint density at radius 2 is 1.91 bits per heavy atom. The van der Waals surface area contributed by atoms with Crippen molar-refractivity contribution in [1.29, 1.82) is 0 Å². The summed E-state index contributed by atoms with van der Waals surface area (Å²) in [7, 11) is 0. The molecule has 0 saturated heterocycles. The van der Waals surface area contributed by atoms with E-state index >= 15 is 0 Å². The van der Waals surface area contributed by atoms with Crippen molar-refractivity contribution in [3.8, 4) is 5.69 Å². The number of para-hydroxylation sites is 1. The lowest BCUT2D eigenvalue weighted by atomic mass is 9.95. The van der Waals surface area contributed by atoms with Gasteiger partial charge in [-0.05, 0) is 25.0 Å². The predicted octanol–water partition coefficient (Wildman–Crippen LogP) is 3.70. The Hall–Kier alpha value is -2.50. The van der Waals surface area contributed by atoms with E-state index in [2.05, 4.69) is 20.4 Å². The standard InChI is InChI=1S/C17H18FN5/c18-14-8-4-5-9-15(14)23-17-13(10-21-23)16(19-11-20-17)22-12-6-2-1-3-7-12/h4-5,8-12H,1-3,6-7H2,(H,19,20,22). The van der Waals surface area contributed by atoms with Gasteiger partial charge in [-0.1, -0.05) is 31.4 Å². The summed E-state index contributed by atoms with van der Waals surface area (Å²) in [6, 6.07) is 7.01. The molecule has 0 unspecified atom stereocenters. The maximum absolute atomic E-state index is 14.0. The zero-order valence-corrected chi connectivity index (χ0v) is 12.7. The van der Waals surface area contributed by atoms with E-state index in [9.17, 15) is 4.39 Å². The fraction of sp³-hybridized carbons (Fsp3) is 0.353. The van der Waals surface area contributed by atoms with E-state index in [0.29, 0.717) is 17.4 Å². The van der Waals surface area contributed by atoms with Crippen molar-refractivity contribution < 1.29 is 4.39 Å². The third-order valence-electron chi connectivity index (χ3n) is 4.39. The van der Waals surface area contributed by atoms with Crippen LogP contribution in [0.4, 0.5) is 10.2 Å². The summed E-state index contributed by atoms with van der Waals surface area (Å²) in [5, 5.41) is 8.64. The van der Waals surface area contributed by atoms with E-state index in [4.69, 9.17) is 0 Å². The Bertz CT molecular complexity index is 823. The van der Waals surface area contributed by atoms with Gasteiger partial charge in [-0.25, -0.2) is 19.0 Å². The third kappa shape index (κ3) is 2.65. The van der Waals surface area contributed by atoms with Crippen LogP contribution in [-0.4, -0.2) is 25.8 Å². The highest BCUT2D eigenvalue weighted by Gasteiger charge is 2.17. The van der Waals surface area contributed by atoms with Crippen molar-refractivity contribution in [2.45, 2.75) is 38.1 Å². The molecule has 0 radical (unpaired) electrons. The Labute approximate surface area is 133 Å². The fourth-order valence-electron chi connectivity index (χ4n) is 3.20. The Balaban J connectivity index is 1.73. The summed E-state index contributed by atoms with van der Waals surface area (Å²) in [5.41, 5.74) is 1.01. The molecule has 2 aromatic heterocycles. The van der Waals surface area contributed by atoms with Gasteiger partial charge in [0.2, 0.25) is 0 Å². The Kier molecular flexibility index (Phi) is 3.65. The first-order valence-electron chi connectivity index (χ1n) is 8.03. The molecule has 1 saturated carbocycles. The van der Waals surface area contributed by atoms with Gasteiger partial charge in [-0.3, -0.25) is 0 Å². The summed E-state index contributed by atoms with van der Waals surface area (Å²) in [5.74, 6) is 0.461. The van der Waals surface area contributed by atoms with Gasteiger partial charge in [0.25, 0.3) is 0 Å². The van der Waals surface area contributed by atoms with Crippen LogP contribution in [0.15, 0.2) is 36.8 Å². The molecule has 6 heteroatoms. The van der Waals surface area contributed by atoms with Crippen molar-refractivity contribution in [2.75, 3.05) is 5.32 Å². The van der Waals surface area contributed by atoms with Crippen LogP contribution >= 0.6 is 0 Å². The van der Waals surface area contributed by atoms with Crippen molar-refractivity contribution >= 4 is 16.9 Å². The topological polar surface area (TPSA) is 55.6 Å². The van der Waals surface area contributed by atoms with Crippen LogP contribution in [-0.2, 0) is 0 Å². The van der Waals surface area contributed by atoms with E-state index in [1.807, 2.05) is 0 Å². The minimum Gasteiger partial charge on any atom is -0.367 e. The highest BCUT2D eigenvalue weighted by Crippen LogP contribution is 2.26. The number of hydrogen-bond acceptors (Lipinski definition) is 4. The number of aromatic nitrogens is 4.